The van der Waals surface area contributed by atoms with E-state index in [1.54, 1.807) is 0 Å². The lowest BCUT2D eigenvalue weighted by Gasteiger charge is -2.26. The predicted molar refractivity (Wildman–Crippen MR) is 145 cm³/mol. The Morgan fingerprint density at radius 1 is 0.943 bits per heavy atom. The van der Waals surface area contributed by atoms with Crippen LogP contribution in [0, 0.1) is 0 Å². The Balaban J connectivity index is 1.69. The van der Waals surface area contributed by atoms with E-state index in [9.17, 15) is 4.79 Å². The molecule has 1 amide bonds. The number of para-hydroxylation sites is 1. The summed E-state index contributed by atoms with van der Waals surface area (Å²) < 4.78 is 0. The van der Waals surface area contributed by atoms with Crippen molar-refractivity contribution < 1.29 is 4.79 Å². The third-order valence-corrected chi connectivity index (χ3v) is 6.38. The number of anilines is 1. The van der Waals surface area contributed by atoms with E-state index >= 15 is 0 Å². The zero-order valence-electron chi connectivity index (χ0n) is 20.2. The van der Waals surface area contributed by atoms with Gasteiger partial charge in [0.05, 0.1) is 5.52 Å². The molecule has 3 aromatic carbocycles. The highest BCUT2D eigenvalue weighted by atomic mass is 35.5. The predicted octanol–water partition coefficient (Wildman–Crippen LogP) is 6.30. The van der Waals surface area contributed by atoms with Gasteiger partial charge in [0.2, 0.25) is 5.91 Å². The maximum absolute atomic E-state index is 12.6. The van der Waals surface area contributed by atoms with E-state index in [0.29, 0.717) is 23.8 Å². The van der Waals surface area contributed by atoms with Crippen LogP contribution in [0.4, 0.5) is 5.82 Å². The molecule has 180 valence electrons. The van der Waals surface area contributed by atoms with Gasteiger partial charge in [-0.05, 0) is 61.7 Å². The molecule has 0 aliphatic rings. The van der Waals surface area contributed by atoms with Crippen LogP contribution in [0.5, 0.6) is 0 Å². The third kappa shape index (κ3) is 6.58. The molecule has 1 atom stereocenters. The first-order valence-corrected chi connectivity index (χ1v) is 12.5. The number of amides is 1. The van der Waals surface area contributed by atoms with Crippen LogP contribution in [0.1, 0.15) is 32.3 Å². The molecule has 6 heteroatoms. The Kier molecular flexibility index (Phi) is 8.32. The Labute approximate surface area is 212 Å². The van der Waals surface area contributed by atoms with Crippen LogP contribution in [-0.2, 0) is 11.2 Å². The summed E-state index contributed by atoms with van der Waals surface area (Å²) in [4.78, 5) is 24.7. The maximum Gasteiger partial charge on any atom is 0.221 e. The highest BCUT2D eigenvalue weighted by Gasteiger charge is 2.17. The topological polar surface area (TPSA) is 58.1 Å². The monoisotopic (exact) mass is 486 g/mol. The number of carbonyl (C=O) groups is 1. The first-order valence-electron chi connectivity index (χ1n) is 12.1. The number of aromatic nitrogens is 2. The summed E-state index contributed by atoms with van der Waals surface area (Å²) >= 11 is 6.11. The van der Waals surface area contributed by atoms with Crippen molar-refractivity contribution in [1.29, 1.82) is 0 Å². The van der Waals surface area contributed by atoms with E-state index in [2.05, 4.69) is 41.4 Å². The molecular formula is C29H31ClN4O. The third-order valence-electron chi connectivity index (χ3n) is 6.13. The van der Waals surface area contributed by atoms with Gasteiger partial charge in [0.25, 0.3) is 0 Å². The largest absolute Gasteiger partial charge is 0.355 e. The van der Waals surface area contributed by atoms with Gasteiger partial charge in [-0.25, -0.2) is 9.97 Å². The number of fused-ring (bicyclic) bond motifs is 1. The minimum Gasteiger partial charge on any atom is -0.355 e. The maximum atomic E-state index is 12.6. The van der Waals surface area contributed by atoms with Crippen LogP contribution >= 0.6 is 11.6 Å². The molecule has 0 radical (unpaired) electrons. The molecule has 5 nitrogen and oxygen atoms in total. The Morgan fingerprint density at radius 2 is 1.66 bits per heavy atom. The molecule has 1 N–H and O–H groups in total. The number of nitrogens with one attached hydrogen (secondary N) is 1. The number of rotatable bonds is 10. The zero-order chi connectivity index (χ0) is 24.6. The van der Waals surface area contributed by atoms with Gasteiger partial charge in [0.1, 0.15) is 5.82 Å². The molecule has 0 aliphatic heterocycles. The molecule has 1 aromatic heterocycles. The average Bonchev–Trinajstić information content (AvgIpc) is 2.89. The van der Waals surface area contributed by atoms with Gasteiger partial charge in [0.15, 0.2) is 5.82 Å². The number of nitrogens with zero attached hydrogens (tertiary/aromatic N) is 3. The summed E-state index contributed by atoms with van der Waals surface area (Å²) in [6.45, 7) is 5.40. The van der Waals surface area contributed by atoms with Crippen molar-refractivity contribution in [2.75, 3.05) is 18.0 Å². The molecule has 0 spiro atoms. The van der Waals surface area contributed by atoms with Crippen molar-refractivity contribution in [3.05, 3.63) is 89.4 Å². The van der Waals surface area contributed by atoms with E-state index in [4.69, 9.17) is 21.6 Å². The number of hydrogen-bond acceptors (Lipinski definition) is 4. The van der Waals surface area contributed by atoms with Crippen LogP contribution in [0.25, 0.3) is 22.3 Å². The number of carbonyl (C=O) groups excluding carboxylic acids is 1. The second kappa shape index (κ2) is 11.8. The summed E-state index contributed by atoms with van der Waals surface area (Å²) in [5, 5.41) is 4.72. The lowest BCUT2D eigenvalue weighted by Crippen LogP contribution is -2.36. The minimum atomic E-state index is 0.0559. The highest BCUT2D eigenvalue weighted by molar-refractivity contribution is 6.30. The van der Waals surface area contributed by atoms with E-state index in [1.165, 1.54) is 5.56 Å². The first-order chi connectivity index (χ1) is 17.0. The standard InChI is InChI=1S/C29H31ClN4O/c1-3-21(2)31-27(35)18-20-34(19-17-22-9-5-4-6-10-22)29-25-11-7-8-12-26(25)32-28(33-29)23-13-15-24(30)16-14-23/h4-16,21H,3,17-20H2,1-2H3,(H,31,35)/t21-/m1/s1. The Hall–Kier alpha value is -3.44. The van der Waals surface area contributed by atoms with Gasteiger partial charge >= 0.3 is 0 Å². The van der Waals surface area contributed by atoms with Crippen LogP contribution in [0.2, 0.25) is 5.02 Å². The summed E-state index contributed by atoms with van der Waals surface area (Å²) in [6, 6.07) is 26.2. The average molecular weight is 487 g/mol. The van der Waals surface area contributed by atoms with Crippen LogP contribution in [-0.4, -0.2) is 35.0 Å². The smallest absolute Gasteiger partial charge is 0.221 e. The zero-order valence-corrected chi connectivity index (χ0v) is 21.0. The van der Waals surface area contributed by atoms with Gasteiger partial charge < -0.3 is 10.2 Å². The Bertz CT molecular complexity index is 1260. The van der Waals surface area contributed by atoms with Gasteiger partial charge in [-0.1, -0.05) is 61.0 Å². The lowest BCUT2D eigenvalue weighted by atomic mass is 10.1. The lowest BCUT2D eigenvalue weighted by molar-refractivity contribution is -0.121. The fraction of sp³-hybridized carbons (Fsp3) is 0.276. The van der Waals surface area contributed by atoms with Gasteiger partial charge in [-0.3, -0.25) is 4.79 Å². The molecule has 0 saturated heterocycles. The van der Waals surface area contributed by atoms with E-state index in [0.717, 1.165) is 41.7 Å². The normalized spacial score (nSPS) is 11.9. The second-order valence-electron chi connectivity index (χ2n) is 8.74. The summed E-state index contributed by atoms with van der Waals surface area (Å²) in [7, 11) is 0. The van der Waals surface area contributed by atoms with Gasteiger partial charge in [0, 0.05) is 41.5 Å². The summed E-state index contributed by atoms with van der Waals surface area (Å²) in [6.07, 6.45) is 2.15. The van der Waals surface area contributed by atoms with Crippen molar-refractivity contribution in [2.24, 2.45) is 0 Å². The number of hydrogen-bond donors (Lipinski definition) is 1. The number of halogens is 1. The van der Waals surface area contributed by atoms with Crippen LogP contribution < -0.4 is 10.2 Å². The molecule has 0 fully saturated rings. The molecule has 0 saturated carbocycles. The van der Waals surface area contributed by atoms with Crippen molar-refractivity contribution >= 4 is 34.2 Å². The summed E-state index contributed by atoms with van der Waals surface area (Å²) in [5.74, 6) is 1.54. The van der Waals surface area contributed by atoms with Gasteiger partial charge in [-0.15, -0.1) is 0 Å². The van der Waals surface area contributed by atoms with E-state index < -0.39 is 0 Å². The van der Waals surface area contributed by atoms with E-state index in [1.807, 2.05) is 61.5 Å². The molecule has 4 aromatic rings. The van der Waals surface area contributed by atoms with Crippen molar-refractivity contribution in [2.45, 2.75) is 39.2 Å². The van der Waals surface area contributed by atoms with E-state index in [-0.39, 0.29) is 11.9 Å². The first kappa shape index (κ1) is 24.7. The fourth-order valence-corrected chi connectivity index (χ4v) is 4.07. The molecule has 0 bridgehead atoms. The fourth-order valence-electron chi connectivity index (χ4n) is 3.95. The van der Waals surface area contributed by atoms with Crippen molar-refractivity contribution in [3.63, 3.8) is 0 Å². The highest BCUT2D eigenvalue weighted by Crippen LogP contribution is 2.28. The van der Waals surface area contributed by atoms with Crippen molar-refractivity contribution in [3.8, 4) is 11.4 Å². The van der Waals surface area contributed by atoms with Crippen LogP contribution in [0.15, 0.2) is 78.9 Å². The van der Waals surface area contributed by atoms with Crippen LogP contribution in [0.3, 0.4) is 0 Å². The van der Waals surface area contributed by atoms with Crippen molar-refractivity contribution in [1.82, 2.24) is 15.3 Å². The Morgan fingerprint density at radius 3 is 2.40 bits per heavy atom. The molecular weight excluding hydrogens is 456 g/mol. The molecule has 4 rings (SSSR count). The molecule has 1 heterocycles. The molecule has 35 heavy (non-hydrogen) atoms. The SMILES string of the molecule is CC[C@@H](C)NC(=O)CCN(CCc1ccccc1)c1nc(-c2ccc(Cl)cc2)nc2ccccc12. The minimum absolute atomic E-state index is 0.0559. The number of benzene rings is 3. The second-order valence-corrected chi connectivity index (χ2v) is 9.18. The molecule has 0 aliphatic carbocycles. The van der Waals surface area contributed by atoms with Gasteiger partial charge in [-0.2, -0.15) is 0 Å². The molecule has 0 unspecified atom stereocenters. The quantitative estimate of drug-likeness (QED) is 0.285. The summed E-state index contributed by atoms with van der Waals surface area (Å²) in [5.41, 5.74) is 3.02.